The smallest absolute Gasteiger partial charge is 0.243 e. The van der Waals surface area contributed by atoms with Crippen LogP contribution in [0.15, 0.2) is 59.7 Å². The first-order valence-corrected chi connectivity index (χ1v) is 10.6. The van der Waals surface area contributed by atoms with Gasteiger partial charge in [-0.05, 0) is 29.7 Å². The fourth-order valence-corrected chi connectivity index (χ4v) is 3.32. The van der Waals surface area contributed by atoms with Crippen LogP contribution in [0.4, 0.5) is 5.69 Å². The molecule has 31 heavy (non-hydrogen) atoms. The van der Waals surface area contributed by atoms with Gasteiger partial charge in [-0.2, -0.15) is 5.10 Å². The minimum absolute atomic E-state index is 0.0257. The zero-order chi connectivity index (χ0) is 22.1. The first kappa shape index (κ1) is 22.2. The van der Waals surface area contributed by atoms with Gasteiger partial charge in [0.25, 0.3) is 0 Å². The molecule has 0 atom stereocenters. The summed E-state index contributed by atoms with van der Waals surface area (Å²) in [6.07, 6.45) is 2.20. The van der Waals surface area contributed by atoms with E-state index in [1.54, 1.807) is 0 Å². The number of hydrazone groups is 1. The van der Waals surface area contributed by atoms with Crippen molar-refractivity contribution < 1.29 is 14.4 Å². The number of hydrogen-bond donors (Lipinski definition) is 2. The van der Waals surface area contributed by atoms with Gasteiger partial charge in [-0.3, -0.25) is 14.4 Å². The molecule has 3 rings (SSSR count). The third-order valence-corrected chi connectivity index (χ3v) is 4.94. The summed E-state index contributed by atoms with van der Waals surface area (Å²) in [6, 6.07) is 17.2. The Balaban J connectivity index is 1.43. The van der Waals surface area contributed by atoms with Gasteiger partial charge in [0.05, 0.1) is 12.3 Å². The molecule has 0 saturated heterocycles. The normalized spacial score (nSPS) is 12.9. The van der Waals surface area contributed by atoms with Crippen LogP contribution in [0, 0.1) is 0 Å². The maximum absolute atomic E-state index is 12.4. The Morgan fingerprint density at radius 2 is 1.77 bits per heavy atom. The van der Waals surface area contributed by atoms with Crippen molar-refractivity contribution in [1.82, 2.24) is 10.3 Å². The van der Waals surface area contributed by atoms with Gasteiger partial charge in [0.1, 0.15) is 0 Å². The van der Waals surface area contributed by atoms with E-state index in [0.29, 0.717) is 31.6 Å². The Bertz CT molecular complexity index is 956. The number of rotatable bonds is 9. The van der Waals surface area contributed by atoms with Crippen LogP contribution in [0.1, 0.15) is 50.2 Å². The third-order valence-electron chi connectivity index (χ3n) is 4.94. The Morgan fingerprint density at radius 1 is 0.968 bits per heavy atom. The Labute approximate surface area is 182 Å². The first-order valence-electron chi connectivity index (χ1n) is 10.6. The van der Waals surface area contributed by atoms with Crippen LogP contribution in [0.3, 0.4) is 0 Å². The molecule has 3 amide bonds. The number of carbonyl (C=O) groups is 3. The molecule has 7 nitrogen and oxygen atoms in total. The predicted molar refractivity (Wildman–Crippen MR) is 120 cm³/mol. The molecule has 0 saturated carbocycles. The Kier molecular flexibility index (Phi) is 7.92. The molecule has 1 aliphatic rings. The van der Waals surface area contributed by atoms with Crippen molar-refractivity contribution in [2.75, 3.05) is 11.9 Å². The van der Waals surface area contributed by atoms with Crippen molar-refractivity contribution in [2.45, 2.75) is 45.6 Å². The van der Waals surface area contributed by atoms with Gasteiger partial charge in [-0.15, -0.1) is 0 Å². The van der Waals surface area contributed by atoms with Crippen LogP contribution in [0.25, 0.3) is 0 Å². The third kappa shape index (κ3) is 6.77. The second-order valence-electron chi connectivity index (χ2n) is 7.45. The summed E-state index contributed by atoms with van der Waals surface area (Å²) in [5.74, 6) is -0.371. The second-order valence-corrected chi connectivity index (χ2v) is 7.45. The minimum atomic E-state index is -0.194. The van der Waals surface area contributed by atoms with E-state index in [2.05, 4.69) is 15.7 Å². The zero-order valence-corrected chi connectivity index (χ0v) is 17.8. The quantitative estimate of drug-likeness (QED) is 0.651. The topological polar surface area (TPSA) is 90.9 Å². The molecule has 0 bridgehead atoms. The SMILES string of the molecule is CCCC(=O)Nc1cccc(CNC(=O)CCC(=O)N2CCC(c3ccccc3)=N2)c1. The molecule has 2 N–H and O–H groups in total. The molecule has 0 radical (unpaired) electrons. The summed E-state index contributed by atoms with van der Waals surface area (Å²) in [5.41, 5.74) is 3.50. The molecule has 1 heterocycles. The van der Waals surface area contributed by atoms with E-state index >= 15 is 0 Å². The Morgan fingerprint density at radius 3 is 2.55 bits per heavy atom. The fourth-order valence-electron chi connectivity index (χ4n) is 3.32. The number of hydrogen-bond acceptors (Lipinski definition) is 4. The number of benzene rings is 2. The zero-order valence-electron chi connectivity index (χ0n) is 17.8. The van der Waals surface area contributed by atoms with Gasteiger partial charge in [-0.25, -0.2) is 5.01 Å². The standard InChI is InChI=1S/C24H28N4O3/c1-2-7-23(30)26-20-11-6-8-18(16-20)17-25-22(29)12-13-24(31)28-15-14-21(27-28)19-9-4-3-5-10-19/h3-6,8-11,16H,2,7,12-15,17H2,1H3,(H,25,29)(H,26,30). The number of nitrogens with zero attached hydrogens (tertiary/aromatic N) is 2. The predicted octanol–water partition coefficient (Wildman–Crippen LogP) is 3.46. The molecular weight excluding hydrogens is 392 g/mol. The summed E-state index contributed by atoms with van der Waals surface area (Å²) in [5, 5.41) is 11.5. The number of amides is 3. The summed E-state index contributed by atoms with van der Waals surface area (Å²) in [7, 11) is 0. The summed E-state index contributed by atoms with van der Waals surface area (Å²) >= 11 is 0. The highest BCUT2D eigenvalue weighted by atomic mass is 16.2. The van der Waals surface area contributed by atoms with E-state index in [1.165, 1.54) is 5.01 Å². The average molecular weight is 421 g/mol. The molecule has 0 spiro atoms. The molecule has 2 aromatic carbocycles. The highest BCUT2D eigenvalue weighted by Gasteiger charge is 2.21. The summed E-state index contributed by atoms with van der Waals surface area (Å²) in [4.78, 5) is 36.3. The lowest BCUT2D eigenvalue weighted by atomic mass is 10.1. The van der Waals surface area contributed by atoms with Gasteiger partial charge in [-0.1, -0.05) is 49.4 Å². The molecule has 1 aliphatic heterocycles. The van der Waals surface area contributed by atoms with Gasteiger partial charge in [0.15, 0.2) is 0 Å². The molecular formula is C24H28N4O3. The molecule has 7 heteroatoms. The van der Waals surface area contributed by atoms with Crippen molar-refractivity contribution in [3.05, 3.63) is 65.7 Å². The molecule has 0 fully saturated rings. The van der Waals surface area contributed by atoms with E-state index in [0.717, 1.165) is 23.3 Å². The molecule has 2 aromatic rings. The van der Waals surface area contributed by atoms with E-state index in [9.17, 15) is 14.4 Å². The molecule has 0 aliphatic carbocycles. The Hall–Kier alpha value is -3.48. The second kappa shape index (κ2) is 11.1. The van der Waals surface area contributed by atoms with E-state index < -0.39 is 0 Å². The number of anilines is 1. The maximum atomic E-state index is 12.4. The van der Waals surface area contributed by atoms with Gasteiger partial charge in [0.2, 0.25) is 17.7 Å². The summed E-state index contributed by atoms with van der Waals surface area (Å²) in [6.45, 7) is 2.83. The molecule has 0 unspecified atom stereocenters. The van der Waals surface area contributed by atoms with Crippen LogP contribution in [0.5, 0.6) is 0 Å². The van der Waals surface area contributed by atoms with E-state index in [4.69, 9.17) is 0 Å². The van der Waals surface area contributed by atoms with Crippen molar-refractivity contribution in [2.24, 2.45) is 5.10 Å². The monoisotopic (exact) mass is 420 g/mol. The first-order chi connectivity index (χ1) is 15.0. The maximum Gasteiger partial charge on any atom is 0.243 e. The van der Waals surface area contributed by atoms with Crippen molar-refractivity contribution in [3.63, 3.8) is 0 Å². The van der Waals surface area contributed by atoms with Gasteiger partial charge < -0.3 is 10.6 Å². The van der Waals surface area contributed by atoms with Crippen LogP contribution in [-0.4, -0.2) is 35.0 Å². The lowest BCUT2D eigenvalue weighted by Crippen LogP contribution is -2.27. The summed E-state index contributed by atoms with van der Waals surface area (Å²) < 4.78 is 0. The fraction of sp³-hybridized carbons (Fsp3) is 0.333. The van der Waals surface area contributed by atoms with Crippen LogP contribution >= 0.6 is 0 Å². The van der Waals surface area contributed by atoms with Gasteiger partial charge in [0, 0.05) is 37.9 Å². The van der Waals surface area contributed by atoms with Crippen molar-refractivity contribution in [1.29, 1.82) is 0 Å². The van der Waals surface area contributed by atoms with Crippen LogP contribution < -0.4 is 10.6 Å². The van der Waals surface area contributed by atoms with E-state index in [1.807, 2.05) is 61.5 Å². The lowest BCUT2D eigenvalue weighted by Gasteiger charge is -2.11. The number of carbonyl (C=O) groups excluding carboxylic acids is 3. The van der Waals surface area contributed by atoms with E-state index in [-0.39, 0.29) is 30.6 Å². The molecule has 162 valence electrons. The van der Waals surface area contributed by atoms with Gasteiger partial charge >= 0.3 is 0 Å². The van der Waals surface area contributed by atoms with Crippen molar-refractivity contribution in [3.8, 4) is 0 Å². The lowest BCUT2D eigenvalue weighted by molar-refractivity contribution is -0.133. The highest BCUT2D eigenvalue weighted by molar-refractivity contribution is 6.02. The largest absolute Gasteiger partial charge is 0.352 e. The van der Waals surface area contributed by atoms with Crippen LogP contribution in [-0.2, 0) is 20.9 Å². The van der Waals surface area contributed by atoms with Crippen molar-refractivity contribution >= 4 is 29.1 Å². The van der Waals surface area contributed by atoms with Crippen LogP contribution in [0.2, 0.25) is 0 Å². The average Bonchev–Trinajstić information content (AvgIpc) is 3.27. The molecule has 0 aromatic heterocycles. The minimum Gasteiger partial charge on any atom is -0.352 e. The highest BCUT2D eigenvalue weighted by Crippen LogP contribution is 2.15. The number of nitrogens with one attached hydrogen (secondary N) is 2.